The SMILES string of the molecule is CCOC(=O)c1cc(Cc2ccccc2)sc1NC(=S)N1CCN(c2ccccc2OCC)CC1. The minimum Gasteiger partial charge on any atom is -0.492 e. The lowest BCUT2D eigenvalue weighted by molar-refractivity contribution is 0.0528. The van der Waals surface area contributed by atoms with Gasteiger partial charge in [0.1, 0.15) is 10.8 Å². The summed E-state index contributed by atoms with van der Waals surface area (Å²) in [4.78, 5) is 18.2. The maximum Gasteiger partial charge on any atom is 0.341 e. The molecule has 6 nitrogen and oxygen atoms in total. The van der Waals surface area contributed by atoms with Crippen molar-refractivity contribution in [2.45, 2.75) is 20.3 Å². The molecule has 2 heterocycles. The summed E-state index contributed by atoms with van der Waals surface area (Å²) in [6.45, 7) is 8.02. The van der Waals surface area contributed by atoms with Crippen LogP contribution in [0.4, 0.5) is 10.7 Å². The lowest BCUT2D eigenvalue weighted by Gasteiger charge is -2.37. The van der Waals surface area contributed by atoms with E-state index in [0.29, 0.717) is 23.9 Å². The quantitative estimate of drug-likeness (QED) is 0.321. The van der Waals surface area contributed by atoms with Crippen molar-refractivity contribution in [3.63, 3.8) is 0 Å². The molecule has 1 saturated heterocycles. The molecule has 0 bridgehead atoms. The summed E-state index contributed by atoms with van der Waals surface area (Å²) in [6, 6.07) is 20.3. The number of hydrogen-bond acceptors (Lipinski definition) is 6. The molecule has 1 fully saturated rings. The zero-order valence-electron chi connectivity index (χ0n) is 20.2. The summed E-state index contributed by atoms with van der Waals surface area (Å²) >= 11 is 7.31. The summed E-state index contributed by atoms with van der Waals surface area (Å²) < 4.78 is 11.1. The number of piperazine rings is 1. The van der Waals surface area contributed by atoms with Gasteiger partial charge in [0, 0.05) is 37.5 Å². The molecule has 2 aromatic carbocycles. The first-order chi connectivity index (χ1) is 17.1. The number of nitrogens with zero attached hydrogens (tertiary/aromatic N) is 2. The van der Waals surface area contributed by atoms with Crippen LogP contribution < -0.4 is 15.0 Å². The highest BCUT2D eigenvalue weighted by molar-refractivity contribution is 7.80. The molecule has 35 heavy (non-hydrogen) atoms. The number of esters is 1. The Morgan fingerprint density at radius 1 is 1.00 bits per heavy atom. The lowest BCUT2D eigenvalue weighted by Crippen LogP contribution is -2.50. The Hall–Kier alpha value is -3.10. The topological polar surface area (TPSA) is 54.0 Å². The highest BCUT2D eigenvalue weighted by Crippen LogP contribution is 2.32. The molecule has 0 saturated carbocycles. The van der Waals surface area contributed by atoms with Crippen molar-refractivity contribution in [3.8, 4) is 5.75 Å². The van der Waals surface area contributed by atoms with Gasteiger partial charge in [-0.25, -0.2) is 4.79 Å². The Kier molecular flexibility index (Phi) is 8.60. The number of nitrogens with one attached hydrogen (secondary N) is 1. The van der Waals surface area contributed by atoms with Crippen LogP contribution in [0.15, 0.2) is 60.7 Å². The third-order valence-corrected chi connectivity index (χ3v) is 7.20. The first kappa shape index (κ1) is 25.0. The van der Waals surface area contributed by atoms with Crippen molar-refractivity contribution in [3.05, 3.63) is 76.7 Å². The van der Waals surface area contributed by atoms with Crippen molar-refractivity contribution in [2.24, 2.45) is 0 Å². The van der Waals surface area contributed by atoms with E-state index in [1.807, 2.05) is 56.3 Å². The monoisotopic (exact) mass is 509 g/mol. The van der Waals surface area contributed by atoms with Crippen LogP contribution >= 0.6 is 23.6 Å². The van der Waals surface area contributed by atoms with E-state index < -0.39 is 0 Å². The summed E-state index contributed by atoms with van der Waals surface area (Å²) in [5.74, 6) is 0.582. The molecule has 0 unspecified atom stereocenters. The Labute approximate surface area is 216 Å². The molecular formula is C27H31N3O3S2. The van der Waals surface area contributed by atoms with Crippen LogP contribution in [0.3, 0.4) is 0 Å². The van der Waals surface area contributed by atoms with Crippen molar-refractivity contribution in [2.75, 3.05) is 49.6 Å². The molecule has 0 aliphatic carbocycles. The predicted octanol–water partition coefficient (Wildman–Crippen LogP) is 5.43. The van der Waals surface area contributed by atoms with Gasteiger partial charge in [-0.1, -0.05) is 42.5 Å². The highest BCUT2D eigenvalue weighted by atomic mass is 32.1. The average Bonchev–Trinajstić information content (AvgIpc) is 3.27. The van der Waals surface area contributed by atoms with Crippen LogP contribution in [-0.4, -0.2) is 55.4 Å². The molecule has 1 aliphatic heterocycles. The second-order valence-corrected chi connectivity index (χ2v) is 9.67. The summed E-state index contributed by atoms with van der Waals surface area (Å²) in [5.41, 5.74) is 2.84. The largest absolute Gasteiger partial charge is 0.492 e. The Morgan fingerprint density at radius 2 is 1.71 bits per heavy atom. The van der Waals surface area contributed by atoms with Crippen molar-refractivity contribution >= 4 is 45.3 Å². The zero-order chi connectivity index (χ0) is 24.6. The first-order valence-electron chi connectivity index (χ1n) is 12.0. The van der Waals surface area contributed by atoms with Crippen molar-refractivity contribution in [1.29, 1.82) is 0 Å². The van der Waals surface area contributed by atoms with Gasteiger partial charge in [0.2, 0.25) is 0 Å². The fourth-order valence-electron chi connectivity index (χ4n) is 4.10. The number of carbonyl (C=O) groups is 1. The fourth-order valence-corrected chi connectivity index (χ4v) is 5.53. The minimum absolute atomic E-state index is 0.328. The number of anilines is 2. The van der Waals surface area contributed by atoms with Gasteiger partial charge < -0.3 is 24.6 Å². The lowest BCUT2D eigenvalue weighted by atomic mass is 10.1. The number of rotatable bonds is 8. The van der Waals surface area contributed by atoms with Gasteiger partial charge in [-0.05, 0) is 49.8 Å². The normalized spacial score (nSPS) is 13.4. The van der Waals surface area contributed by atoms with E-state index in [-0.39, 0.29) is 5.97 Å². The van der Waals surface area contributed by atoms with Crippen LogP contribution in [-0.2, 0) is 11.2 Å². The summed E-state index contributed by atoms with van der Waals surface area (Å²) in [5, 5.41) is 4.71. The molecule has 8 heteroatoms. The third-order valence-electron chi connectivity index (χ3n) is 5.79. The molecule has 0 atom stereocenters. The number of hydrogen-bond donors (Lipinski definition) is 1. The van der Waals surface area contributed by atoms with Gasteiger partial charge in [0.05, 0.1) is 24.5 Å². The molecule has 3 aromatic rings. The molecule has 1 N–H and O–H groups in total. The molecular weight excluding hydrogens is 478 g/mol. The van der Waals surface area contributed by atoms with Gasteiger partial charge in [0.25, 0.3) is 0 Å². The van der Waals surface area contributed by atoms with Gasteiger partial charge in [-0.15, -0.1) is 11.3 Å². The molecule has 4 rings (SSSR count). The second-order valence-electron chi connectivity index (χ2n) is 8.14. The van der Waals surface area contributed by atoms with Gasteiger partial charge in [-0.2, -0.15) is 0 Å². The minimum atomic E-state index is -0.328. The van der Waals surface area contributed by atoms with E-state index >= 15 is 0 Å². The van der Waals surface area contributed by atoms with E-state index in [9.17, 15) is 4.79 Å². The maximum atomic E-state index is 12.6. The number of thiophene rings is 1. The Morgan fingerprint density at radius 3 is 2.43 bits per heavy atom. The van der Waals surface area contributed by atoms with E-state index in [0.717, 1.165) is 53.9 Å². The molecule has 0 amide bonds. The number of ether oxygens (including phenoxy) is 2. The van der Waals surface area contributed by atoms with E-state index in [1.54, 1.807) is 11.3 Å². The predicted molar refractivity (Wildman–Crippen MR) is 147 cm³/mol. The maximum absolute atomic E-state index is 12.6. The smallest absolute Gasteiger partial charge is 0.341 e. The standard InChI is InChI=1S/C27H31N3O3S2/c1-3-32-24-13-9-8-12-23(24)29-14-16-30(17-15-29)27(34)28-25-22(26(31)33-4-2)19-21(35-25)18-20-10-6-5-7-11-20/h5-13,19H,3-4,14-18H2,1-2H3,(H,28,34). The Bertz CT molecular complexity index is 1140. The van der Waals surface area contributed by atoms with Crippen LogP contribution in [0.25, 0.3) is 0 Å². The molecule has 184 valence electrons. The van der Waals surface area contributed by atoms with Gasteiger partial charge >= 0.3 is 5.97 Å². The number of benzene rings is 2. The zero-order valence-corrected chi connectivity index (χ0v) is 21.8. The van der Waals surface area contributed by atoms with E-state index in [2.05, 4.69) is 33.3 Å². The number of para-hydroxylation sites is 2. The van der Waals surface area contributed by atoms with Crippen LogP contribution in [0.2, 0.25) is 0 Å². The van der Waals surface area contributed by atoms with Crippen molar-refractivity contribution < 1.29 is 14.3 Å². The molecule has 1 aliphatic rings. The van der Waals surface area contributed by atoms with Crippen LogP contribution in [0, 0.1) is 0 Å². The van der Waals surface area contributed by atoms with E-state index in [1.165, 1.54) is 5.56 Å². The summed E-state index contributed by atoms with van der Waals surface area (Å²) in [7, 11) is 0. The van der Waals surface area contributed by atoms with Crippen LogP contribution in [0.1, 0.15) is 34.6 Å². The number of carbonyl (C=O) groups excluding carboxylic acids is 1. The number of thiocarbonyl (C=S) groups is 1. The van der Waals surface area contributed by atoms with E-state index in [4.69, 9.17) is 21.7 Å². The van der Waals surface area contributed by atoms with Gasteiger partial charge in [-0.3, -0.25) is 0 Å². The highest BCUT2D eigenvalue weighted by Gasteiger charge is 2.24. The molecule has 0 radical (unpaired) electrons. The second kappa shape index (κ2) is 12.0. The summed E-state index contributed by atoms with van der Waals surface area (Å²) in [6.07, 6.45) is 0.754. The first-order valence-corrected chi connectivity index (χ1v) is 13.2. The average molecular weight is 510 g/mol. The molecule has 0 spiro atoms. The van der Waals surface area contributed by atoms with Gasteiger partial charge in [0.15, 0.2) is 5.11 Å². The van der Waals surface area contributed by atoms with Crippen LogP contribution in [0.5, 0.6) is 5.75 Å². The Balaban J connectivity index is 1.43. The molecule has 1 aromatic heterocycles. The van der Waals surface area contributed by atoms with Crippen molar-refractivity contribution in [1.82, 2.24) is 4.90 Å². The third kappa shape index (κ3) is 6.32. The fraction of sp³-hybridized carbons (Fsp3) is 0.333.